The summed E-state index contributed by atoms with van der Waals surface area (Å²) in [5.41, 5.74) is 1.31. The molecule has 1 fully saturated rings. The number of alkyl halides is 3. The van der Waals surface area contributed by atoms with E-state index in [9.17, 15) is 30.7 Å². The van der Waals surface area contributed by atoms with E-state index >= 15 is 0 Å². The summed E-state index contributed by atoms with van der Waals surface area (Å²) in [6, 6.07) is 4.04. The Balaban J connectivity index is 1.75. The van der Waals surface area contributed by atoms with Crippen molar-refractivity contribution in [2.24, 2.45) is 11.8 Å². The van der Waals surface area contributed by atoms with E-state index in [2.05, 4.69) is 4.74 Å². The van der Waals surface area contributed by atoms with Crippen molar-refractivity contribution in [1.82, 2.24) is 0 Å². The fourth-order valence-electron chi connectivity index (χ4n) is 5.99. The van der Waals surface area contributed by atoms with Gasteiger partial charge < -0.3 is 4.74 Å². The molecule has 34 heavy (non-hydrogen) atoms. The molecule has 0 radical (unpaired) electrons. The van der Waals surface area contributed by atoms with E-state index in [1.54, 1.807) is 0 Å². The second-order valence-electron chi connectivity index (χ2n) is 9.14. The lowest BCUT2D eigenvalue weighted by Gasteiger charge is -2.47. The van der Waals surface area contributed by atoms with Gasteiger partial charge >= 0.3 is 6.36 Å². The van der Waals surface area contributed by atoms with Gasteiger partial charge in [0.1, 0.15) is 11.6 Å². The summed E-state index contributed by atoms with van der Waals surface area (Å²) < 4.78 is 99.1. The van der Waals surface area contributed by atoms with E-state index in [4.69, 9.17) is 0 Å². The van der Waals surface area contributed by atoms with Crippen molar-refractivity contribution >= 4 is 0 Å². The van der Waals surface area contributed by atoms with Crippen molar-refractivity contribution in [3.05, 3.63) is 76.4 Å². The van der Waals surface area contributed by atoms with Gasteiger partial charge in [0.2, 0.25) is 5.75 Å². The first-order chi connectivity index (χ1) is 16.1. The molecule has 0 amide bonds. The average molecular weight is 486 g/mol. The predicted octanol–water partition coefficient (Wildman–Crippen LogP) is 8.34. The maximum absolute atomic E-state index is 14.6. The summed E-state index contributed by atoms with van der Waals surface area (Å²) >= 11 is 0. The number of ether oxygens (including phenoxy) is 1. The lowest BCUT2D eigenvalue weighted by atomic mass is 9.57. The predicted molar refractivity (Wildman–Crippen MR) is 113 cm³/mol. The zero-order chi connectivity index (χ0) is 24.6. The second-order valence-corrected chi connectivity index (χ2v) is 9.14. The van der Waals surface area contributed by atoms with Crippen LogP contribution in [0.5, 0.6) is 5.75 Å². The fraction of sp³-hybridized carbons (Fsp3) is 0.462. The Bertz CT molecular complexity index is 1050. The molecular formula is C26H25F7O. The number of benzene rings is 2. The third-order valence-corrected chi connectivity index (χ3v) is 7.22. The molecule has 0 aliphatic heterocycles. The molecule has 1 nitrogen and oxygen atoms in total. The number of hydrogen-bond acceptors (Lipinski definition) is 1. The Kier molecular flexibility index (Phi) is 6.97. The smallest absolute Gasteiger partial charge is 0.399 e. The van der Waals surface area contributed by atoms with Gasteiger partial charge in [-0.2, -0.15) is 0 Å². The SMILES string of the molecule is CC=CCC[C@@H]1CC[C@H]2c3cc(F)cc(F)c3CC[C@@H]2[C@H]1c1cc(F)c(OC(F)(F)F)c(F)c1. The van der Waals surface area contributed by atoms with E-state index in [0.717, 1.165) is 31.0 Å². The normalized spacial score (nSPS) is 24.7. The molecule has 0 aromatic heterocycles. The minimum absolute atomic E-state index is 0.0191. The van der Waals surface area contributed by atoms with Crippen LogP contribution >= 0.6 is 0 Å². The van der Waals surface area contributed by atoms with Crippen molar-refractivity contribution in [2.75, 3.05) is 0 Å². The van der Waals surface area contributed by atoms with Gasteiger partial charge in [-0.05, 0) is 104 Å². The summed E-state index contributed by atoms with van der Waals surface area (Å²) in [6.45, 7) is 1.89. The summed E-state index contributed by atoms with van der Waals surface area (Å²) in [7, 11) is 0. The van der Waals surface area contributed by atoms with Crippen LogP contribution in [0.25, 0.3) is 0 Å². The molecule has 0 saturated heterocycles. The van der Waals surface area contributed by atoms with Crippen LogP contribution in [-0.2, 0) is 6.42 Å². The van der Waals surface area contributed by atoms with E-state index in [0.29, 0.717) is 36.8 Å². The van der Waals surface area contributed by atoms with Gasteiger partial charge in [0, 0.05) is 6.07 Å². The zero-order valence-electron chi connectivity index (χ0n) is 18.6. The number of rotatable bonds is 5. The van der Waals surface area contributed by atoms with Crippen LogP contribution in [0.2, 0.25) is 0 Å². The first-order valence-electron chi connectivity index (χ1n) is 11.4. The van der Waals surface area contributed by atoms with Crippen LogP contribution in [0.1, 0.15) is 67.6 Å². The van der Waals surface area contributed by atoms with Gasteiger partial charge in [-0.3, -0.25) is 0 Å². The quantitative estimate of drug-likeness (QED) is 0.305. The Morgan fingerprint density at radius 3 is 2.29 bits per heavy atom. The highest BCUT2D eigenvalue weighted by Crippen LogP contribution is 2.55. The molecule has 2 aliphatic rings. The third-order valence-electron chi connectivity index (χ3n) is 7.22. The van der Waals surface area contributed by atoms with E-state index in [-0.39, 0.29) is 29.2 Å². The summed E-state index contributed by atoms with van der Waals surface area (Å²) in [5.74, 6) is -6.28. The highest BCUT2D eigenvalue weighted by Gasteiger charge is 2.44. The second kappa shape index (κ2) is 9.62. The molecule has 0 spiro atoms. The van der Waals surface area contributed by atoms with Gasteiger partial charge in [-0.25, -0.2) is 17.6 Å². The van der Waals surface area contributed by atoms with Crippen LogP contribution in [0.3, 0.4) is 0 Å². The molecule has 0 N–H and O–H groups in total. The monoisotopic (exact) mass is 486 g/mol. The summed E-state index contributed by atoms with van der Waals surface area (Å²) in [5, 5.41) is 0. The summed E-state index contributed by atoms with van der Waals surface area (Å²) in [4.78, 5) is 0. The number of allylic oxidation sites excluding steroid dienone is 2. The molecule has 4 rings (SSSR count). The molecule has 2 aliphatic carbocycles. The highest BCUT2D eigenvalue weighted by molar-refractivity contribution is 5.39. The molecule has 0 bridgehead atoms. The zero-order valence-corrected chi connectivity index (χ0v) is 18.6. The Hall–Kier alpha value is -2.51. The first kappa shape index (κ1) is 24.6. The van der Waals surface area contributed by atoms with Crippen LogP contribution in [-0.4, -0.2) is 6.36 Å². The van der Waals surface area contributed by atoms with Crippen LogP contribution in [0.15, 0.2) is 36.4 Å². The van der Waals surface area contributed by atoms with E-state index in [1.165, 1.54) is 6.07 Å². The fourth-order valence-corrected chi connectivity index (χ4v) is 5.99. The third kappa shape index (κ3) is 4.96. The number of hydrogen-bond donors (Lipinski definition) is 0. The molecule has 0 heterocycles. The molecule has 0 unspecified atom stereocenters. The molecule has 1 saturated carbocycles. The lowest BCUT2D eigenvalue weighted by molar-refractivity contribution is -0.276. The Labute approximate surface area is 193 Å². The van der Waals surface area contributed by atoms with Crippen molar-refractivity contribution in [3.8, 4) is 5.75 Å². The molecule has 2 aromatic rings. The van der Waals surface area contributed by atoms with E-state index < -0.39 is 35.4 Å². The molecular weight excluding hydrogens is 461 g/mol. The summed E-state index contributed by atoms with van der Waals surface area (Å²) in [6.07, 6.45) is 2.40. The molecule has 184 valence electrons. The average Bonchev–Trinajstić information content (AvgIpc) is 2.75. The number of halogens is 7. The van der Waals surface area contributed by atoms with Crippen molar-refractivity contribution in [3.63, 3.8) is 0 Å². The van der Waals surface area contributed by atoms with Crippen molar-refractivity contribution in [1.29, 1.82) is 0 Å². The molecule has 2 aromatic carbocycles. The lowest BCUT2D eigenvalue weighted by Crippen LogP contribution is -2.35. The largest absolute Gasteiger partial charge is 0.573 e. The van der Waals surface area contributed by atoms with Crippen molar-refractivity contribution < 1.29 is 35.5 Å². The van der Waals surface area contributed by atoms with Gasteiger partial charge in [0.25, 0.3) is 0 Å². The van der Waals surface area contributed by atoms with Gasteiger partial charge in [0.15, 0.2) is 11.6 Å². The topological polar surface area (TPSA) is 9.23 Å². The van der Waals surface area contributed by atoms with Gasteiger partial charge in [-0.15, -0.1) is 13.2 Å². The maximum Gasteiger partial charge on any atom is 0.573 e. The van der Waals surface area contributed by atoms with Crippen LogP contribution in [0.4, 0.5) is 30.7 Å². The standard InChI is InChI=1S/C26H25F7O/c1-2-3-4-5-14-6-7-17-19(9-8-18-20(17)12-16(27)13-21(18)28)24(14)15-10-22(29)25(23(30)11-15)34-26(31,32)33/h2-3,10-14,17,19,24H,4-9H2,1H3/t14-,17-,19+,24-/m1/s1. The maximum atomic E-state index is 14.6. The molecule has 8 heteroatoms. The van der Waals surface area contributed by atoms with Gasteiger partial charge in [0.05, 0.1) is 0 Å². The first-order valence-corrected chi connectivity index (χ1v) is 11.4. The minimum atomic E-state index is -5.23. The van der Waals surface area contributed by atoms with Crippen LogP contribution in [0, 0.1) is 35.1 Å². The number of fused-ring (bicyclic) bond motifs is 3. The van der Waals surface area contributed by atoms with Crippen LogP contribution < -0.4 is 4.74 Å². The molecule has 4 atom stereocenters. The Morgan fingerprint density at radius 1 is 0.941 bits per heavy atom. The van der Waals surface area contributed by atoms with Gasteiger partial charge in [-0.1, -0.05) is 12.2 Å². The highest BCUT2D eigenvalue weighted by atomic mass is 19.4. The van der Waals surface area contributed by atoms with Crippen molar-refractivity contribution in [2.45, 2.75) is 63.6 Å². The Morgan fingerprint density at radius 2 is 1.65 bits per heavy atom. The minimum Gasteiger partial charge on any atom is -0.399 e. The van der Waals surface area contributed by atoms with E-state index in [1.807, 2.05) is 19.1 Å².